The van der Waals surface area contributed by atoms with Gasteiger partial charge in [0.15, 0.2) is 0 Å². The van der Waals surface area contributed by atoms with Crippen molar-refractivity contribution in [1.29, 1.82) is 0 Å². The van der Waals surface area contributed by atoms with Crippen molar-refractivity contribution in [3.05, 3.63) is 68.7 Å². The number of carbonyl (C=O) groups is 1. The molecule has 3 aromatic rings. The molecule has 0 atom stereocenters. The Bertz CT molecular complexity index is 1070. The van der Waals surface area contributed by atoms with Crippen molar-refractivity contribution in [1.82, 2.24) is 9.55 Å². The van der Waals surface area contributed by atoms with Crippen LogP contribution in [0, 0.1) is 6.92 Å². The predicted molar refractivity (Wildman–Crippen MR) is 98.5 cm³/mol. The third kappa shape index (κ3) is 2.81. The van der Waals surface area contributed by atoms with E-state index in [-0.39, 0.29) is 11.5 Å². The number of hydrogen-bond acceptors (Lipinski definition) is 3. The second-order valence-corrected chi connectivity index (χ2v) is 6.66. The number of benzene rings is 2. The van der Waals surface area contributed by atoms with Crippen LogP contribution >= 0.6 is 11.6 Å². The van der Waals surface area contributed by atoms with Gasteiger partial charge < -0.3 is 5.32 Å². The van der Waals surface area contributed by atoms with Crippen molar-refractivity contribution in [2.45, 2.75) is 26.3 Å². The van der Waals surface area contributed by atoms with Crippen molar-refractivity contribution in [3.8, 4) is 0 Å². The quantitative estimate of drug-likeness (QED) is 0.766. The van der Waals surface area contributed by atoms with Crippen molar-refractivity contribution >= 4 is 34.1 Å². The molecule has 0 fully saturated rings. The van der Waals surface area contributed by atoms with E-state index in [9.17, 15) is 9.59 Å². The van der Waals surface area contributed by atoms with Gasteiger partial charge in [-0.3, -0.25) is 14.2 Å². The lowest BCUT2D eigenvalue weighted by Crippen LogP contribution is -2.21. The Morgan fingerprint density at radius 1 is 1.24 bits per heavy atom. The zero-order valence-corrected chi connectivity index (χ0v) is 14.4. The molecular formula is C19H16ClN3O2. The number of amides is 1. The van der Waals surface area contributed by atoms with E-state index < -0.39 is 0 Å². The smallest absolute Gasteiger partial charge is 0.261 e. The van der Waals surface area contributed by atoms with Crippen molar-refractivity contribution in [3.63, 3.8) is 0 Å². The van der Waals surface area contributed by atoms with E-state index >= 15 is 0 Å². The summed E-state index contributed by atoms with van der Waals surface area (Å²) in [7, 11) is 0. The lowest BCUT2D eigenvalue weighted by molar-refractivity contribution is 0.102. The first-order valence-electron chi connectivity index (χ1n) is 8.14. The van der Waals surface area contributed by atoms with Gasteiger partial charge in [-0.1, -0.05) is 17.7 Å². The molecule has 0 spiro atoms. The van der Waals surface area contributed by atoms with Crippen molar-refractivity contribution < 1.29 is 4.79 Å². The minimum Gasteiger partial charge on any atom is -0.321 e. The Kier molecular flexibility index (Phi) is 3.81. The normalized spacial score (nSPS) is 13.0. The largest absolute Gasteiger partial charge is 0.321 e. The maximum atomic E-state index is 12.5. The molecule has 4 rings (SSSR count). The minimum absolute atomic E-state index is 0.0361. The molecule has 25 heavy (non-hydrogen) atoms. The average Bonchev–Trinajstić information content (AvgIpc) is 3.05. The third-order valence-corrected chi connectivity index (χ3v) is 4.76. The van der Waals surface area contributed by atoms with Crippen molar-refractivity contribution in [2.24, 2.45) is 0 Å². The summed E-state index contributed by atoms with van der Waals surface area (Å²) in [6.45, 7) is 2.65. The number of nitrogens with zero attached hydrogens (tertiary/aromatic N) is 2. The molecule has 0 radical (unpaired) electrons. The van der Waals surface area contributed by atoms with E-state index in [2.05, 4.69) is 10.3 Å². The molecule has 1 amide bonds. The fourth-order valence-corrected chi connectivity index (χ4v) is 3.42. The monoisotopic (exact) mass is 353 g/mol. The second kappa shape index (κ2) is 6.01. The molecule has 2 aromatic carbocycles. The Balaban J connectivity index is 1.70. The first kappa shape index (κ1) is 15.8. The molecule has 5 nitrogen and oxygen atoms in total. The van der Waals surface area contributed by atoms with Gasteiger partial charge in [0.05, 0.1) is 21.6 Å². The standard InChI is InChI=1S/C19H16ClN3O2/c1-11-4-7-15(14(20)9-11)22-18(24)12-5-6-13-16(10-12)21-17-3-2-8-23(17)19(13)25/h4-7,9-10H,2-3,8H2,1H3,(H,22,24). The van der Waals surface area contributed by atoms with Gasteiger partial charge >= 0.3 is 0 Å². The molecule has 1 aromatic heterocycles. The molecule has 6 heteroatoms. The molecule has 1 N–H and O–H groups in total. The van der Waals surface area contributed by atoms with E-state index in [1.807, 2.05) is 13.0 Å². The SMILES string of the molecule is Cc1ccc(NC(=O)c2ccc3c(=O)n4c(nc3c2)CCC4)c(Cl)c1. The van der Waals surface area contributed by atoms with Gasteiger partial charge in [-0.2, -0.15) is 0 Å². The van der Waals surface area contributed by atoms with Crippen LogP contribution in [0.15, 0.2) is 41.2 Å². The molecule has 0 bridgehead atoms. The van der Waals surface area contributed by atoms with Gasteiger partial charge in [-0.15, -0.1) is 0 Å². The van der Waals surface area contributed by atoms with E-state index in [1.54, 1.807) is 34.9 Å². The van der Waals surface area contributed by atoms with Crippen LogP contribution in [0.3, 0.4) is 0 Å². The van der Waals surface area contributed by atoms with Crippen LogP contribution in [0.2, 0.25) is 5.02 Å². The lowest BCUT2D eigenvalue weighted by Gasteiger charge is -2.09. The summed E-state index contributed by atoms with van der Waals surface area (Å²) in [6.07, 6.45) is 1.72. The van der Waals surface area contributed by atoms with Crippen LogP contribution in [0.1, 0.15) is 28.2 Å². The summed E-state index contributed by atoms with van der Waals surface area (Å²) in [5.41, 5.74) is 2.54. The topological polar surface area (TPSA) is 64.0 Å². The van der Waals surface area contributed by atoms with Crippen LogP contribution in [0.25, 0.3) is 10.9 Å². The number of aryl methyl sites for hydroxylation is 2. The van der Waals surface area contributed by atoms with E-state index in [4.69, 9.17) is 11.6 Å². The highest BCUT2D eigenvalue weighted by Gasteiger charge is 2.17. The van der Waals surface area contributed by atoms with Gasteiger partial charge in [0.1, 0.15) is 5.82 Å². The highest BCUT2D eigenvalue weighted by molar-refractivity contribution is 6.34. The molecule has 0 saturated heterocycles. The fourth-order valence-electron chi connectivity index (χ4n) is 3.14. The molecule has 0 aliphatic carbocycles. The van der Waals surface area contributed by atoms with Crippen LogP contribution in [0.4, 0.5) is 5.69 Å². The van der Waals surface area contributed by atoms with Crippen LogP contribution in [-0.2, 0) is 13.0 Å². The Morgan fingerprint density at radius 2 is 2.08 bits per heavy atom. The predicted octanol–water partition coefficient (Wildman–Crippen LogP) is 3.56. The molecular weight excluding hydrogens is 338 g/mol. The maximum Gasteiger partial charge on any atom is 0.261 e. The average molecular weight is 354 g/mol. The van der Waals surface area contributed by atoms with E-state index in [1.165, 1.54) is 0 Å². The number of fused-ring (bicyclic) bond motifs is 2. The zero-order chi connectivity index (χ0) is 17.6. The zero-order valence-electron chi connectivity index (χ0n) is 13.7. The molecule has 2 heterocycles. The van der Waals surface area contributed by atoms with Crippen LogP contribution in [-0.4, -0.2) is 15.5 Å². The molecule has 1 aliphatic heterocycles. The number of aromatic nitrogens is 2. The molecule has 0 unspecified atom stereocenters. The highest BCUT2D eigenvalue weighted by Crippen LogP contribution is 2.24. The van der Waals surface area contributed by atoms with Gasteiger partial charge in [0.25, 0.3) is 11.5 Å². The minimum atomic E-state index is -0.282. The molecule has 126 valence electrons. The Morgan fingerprint density at radius 3 is 2.88 bits per heavy atom. The highest BCUT2D eigenvalue weighted by atomic mass is 35.5. The first-order valence-corrected chi connectivity index (χ1v) is 8.52. The van der Waals surface area contributed by atoms with Crippen LogP contribution in [0.5, 0.6) is 0 Å². The summed E-state index contributed by atoms with van der Waals surface area (Å²) in [6, 6.07) is 10.4. The van der Waals surface area contributed by atoms with Gasteiger partial charge in [0, 0.05) is 18.5 Å². The Hall–Kier alpha value is -2.66. The van der Waals surface area contributed by atoms with Gasteiger partial charge in [0.2, 0.25) is 0 Å². The Labute approximate surface area is 149 Å². The maximum absolute atomic E-state index is 12.5. The number of halogens is 1. The van der Waals surface area contributed by atoms with Crippen molar-refractivity contribution in [2.75, 3.05) is 5.32 Å². The summed E-state index contributed by atoms with van der Waals surface area (Å²) in [5, 5.41) is 3.83. The summed E-state index contributed by atoms with van der Waals surface area (Å²) >= 11 is 6.17. The summed E-state index contributed by atoms with van der Waals surface area (Å²) < 4.78 is 1.72. The fraction of sp³-hybridized carbons (Fsp3) is 0.211. The number of carbonyl (C=O) groups excluding carboxylic acids is 1. The molecule has 1 aliphatic rings. The van der Waals surface area contributed by atoms with Gasteiger partial charge in [-0.05, 0) is 49.2 Å². The summed E-state index contributed by atoms with van der Waals surface area (Å²) in [4.78, 5) is 29.6. The second-order valence-electron chi connectivity index (χ2n) is 6.26. The number of nitrogens with one attached hydrogen (secondary N) is 1. The number of anilines is 1. The van der Waals surface area contributed by atoms with E-state index in [0.29, 0.717) is 33.7 Å². The first-order chi connectivity index (χ1) is 12.0. The third-order valence-electron chi connectivity index (χ3n) is 4.45. The molecule has 0 saturated carbocycles. The van der Waals surface area contributed by atoms with E-state index in [0.717, 1.165) is 24.2 Å². The summed E-state index contributed by atoms with van der Waals surface area (Å²) in [5.74, 6) is 0.506. The van der Waals surface area contributed by atoms with Gasteiger partial charge in [-0.25, -0.2) is 4.98 Å². The number of hydrogen-bond donors (Lipinski definition) is 1. The number of rotatable bonds is 2. The van der Waals surface area contributed by atoms with Crippen LogP contribution < -0.4 is 10.9 Å². The lowest BCUT2D eigenvalue weighted by atomic mass is 10.1.